The third-order valence-corrected chi connectivity index (χ3v) is 5.39. The van der Waals surface area contributed by atoms with Crippen molar-refractivity contribution < 1.29 is 9.47 Å². The third kappa shape index (κ3) is 8.39. The number of ether oxygens (including phenoxy) is 2. The molecule has 0 radical (unpaired) electrons. The molecule has 0 aromatic heterocycles. The summed E-state index contributed by atoms with van der Waals surface area (Å²) in [6, 6.07) is 11.1. The SMILES string of the molecule is CCNC(=NCC(c1ccccc1)N1CCCC1)NCCCOC1CCOC1.I. The van der Waals surface area contributed by atoms with Crippen molar-refractivity contribution in [2.45, 2.75) is 44.8 Å². The normalized spacial score (nSPS) is 21.0. The first-order chi connectivity index (χ1) is 13.9. The van der Waals surface area contributed by atoms with E-state index in [2.05, 4.69) is 52.8 Å². The molecule has 0 spiro atoms. The van der Waals surface area contributed by atoms with Crippen molar-refractivity contribution in [2.24, 2.45) is 4.99 Å². The number of hydrogen-bond donors (Lipinski definition) is 2. The summed E-state index contributed by atoms with van der Waals surface area (Å²) in [5.41, 5.74) is 1.36. The van der Waals surface area contributed by atoms with Gasteiger partial charge in [-0.2, -0.15) is 0 Å². The molecule has 2 saturated heterocycles. The van der Waals surface area contributed by atoms with Crippen LogP contribution in [0.15, 0.2) is 35.3 Å². The van der Waals surface area contributed by atoms with Crippen LogP contribution < -0.4 is 10.6 Å². The van der Waals surface area contributed by atoms with Gasteiger partial charge < -0.3 is 20.1 Å². The number of halogens is 1. The maximum atomic E-state index is 5.84. The Morgan fingerprint density at radius 3 is 2.72 bits per heavy atom. The summed E-state index contributed by atoms with van der Waals surface area (Å²) in [7, 11) is 0. The van der Waals surface area contributed by atoms with Crippen molar-refractivity contribution in [3.8, 4) is 0 Å². The van der Waals surface area contributed by atoms with Crippen LogP contribution in [0.5, 0.6) is 0 Å². The van der Waals surface area contributed by atoms with E-state index in [1.54, 1.807) is 0 Å². The lowest BCUT2D eigenvalue weighted by atomic mass is 10.1. The largest absolute Gasteiger partial charge is 0.379 e. The van der Waals surface area contributed by atoms with E-state index in [9.17, 15) is 0 Å². The first-order valence-electron chi connectivity index (χ1n) is 10.9. The molecule has 7 heteroatoms. The van der Waals surface area contributed by atoms with Crippen molar-refractivity contribution in [3.63, 3.8) is 0 Å². The number of guanidine groups is 1. The van der Waals surface area contributed by atoms with E-state index in [-0.39, 0.29) is 30.1 Å². The first-order valence-corrected chi connectivity index (χ1v) is 10.9. The van der Waals surface area contributed by atoms with E-state index in [1.165, 1.54) is 31.5 Å². The second-order valence-electron chi connectivity index (χ2n) is 7.53. The van der Waals surface area contributed by atoms with Gasteiger partial charge in [0.2, 0.25) is 0 Å². The zero-order valence-corrected chi connectivity index (χ0v) is 20.0. The van der Waals surface area contributed by atoms with Gasteiger partial charge in [-0.1, -0.05) is 30.3 Å². The maximum Gasteiger partial charge on any atom is 0.191 e. The summed E-state index contributed by atoms with van der Waals surface area (Å²) in [5.74, 6) is 0.895. The van der Waals surface area contributed by atoms with Gasteiger partial charge in [-0.15, -0.1) is 24.0 Å². The Morgan fingerprint density at radius 2 is 2.03 bits per heavy atom. The molecule has 164 valence electrons. The predicted octanol–water partition coefficient (Wildman–Crippen LogP) is 3.19. The lowest BCUT2D eigenvalue weighted by molar-refractivity contribution is 0.0420. The molecule has 2 heterocycles. The molecule has 2 atom stereocenters. The van der Waals surface area contributed by atoms with Gasteiger partial charge in [0, 0.05) is 26.3 Å². The van der Waals surface area contributed by atoms with Crippen LogP contribution in [0.3, 0.4) is 0 Å². The number of nitrogens with zero attached hydrogens (tertiary/aromatic N) is 2. The highest BCUT2D eigenvalue weighted by Crippen LogP contribution is 2.25. The van der Waals surface area contributed by atoms with Crippen LogP contribution in [0.2, 0.25) is 0 Å². The topological polar surface area (TPSA) is 58.1 Å². The lowest BCUT2D eigenvalue weighted by Gasteiger charge is -2.27. The molecule has 29 heavy (non-hydrogen) atoms. The molecule has 2 fully saturated rings. The van der Waals surface area contributed by atoms with E-state index >= 15 is 0 Å². The number of nitrogens with one attached hydrogen (secondary N) is 2. The molecule has 2 aliphatic rings. The number of likely N-dealkylation sites (tertiary alicyclic amines) is 1. The van der Waals surface area contributed by atoms with E-state index in [4.69, 9.17) is 14.5 Å². The molecule has 2 aliphatic heterocycles. The summed E-state index contributed by atoms with van der Waals surface area (Å²) in [5, 5.41) is 6.82. The minimum Gasteiger partial charge on any atom is -0.379 e. The zero-order valence-electron chi connectivity index (χ0n) is 17.6. The minimum atomic E-state index is 0. The fourth-order valence-corrected chi connectivity index (χ4v) is 3.85. The monoisotopic (exact) mass is 516 g/mol. The van der Waals surface area contributed by atoms with Gasteiger partial charge in [0.15, 0.2) is 5.96 Å². The van der Waals surface area contributed by atoms with Crippen LogP contribution in [-0.2, 0) is 9.47 Å². The van der Waals surface area contributed by atoms with Crippen LogP contribution in [0.4, 0.5) is 0 Å². The summed E-state index contributed by atoms with van der Waals surface area (Å²) < 4.78 is 11.2. The van der Waals surface area contributed by atoms with E-state index < -0.39 is 0 Å². The fraction of sp³-hybridized carbons (Fsp3) is 0.682. The molecule has 3 rings (SSSR count). The Labute approximate surface area is 192 Å². The van der Waals surface area contributed by atoms with Crippen LogP contribution in [0.1, 0.15) is 44.2 Å². The summed E-state index contributed by atoms with van der Waals surface area (Å²) in [6.07, 6.45) is 4.85. The summed E-state index contributed by atoms with van der Waals surface area (Å²) in [6.45, 7) is 9.28. The molecule has 6 nitrogen and oxygen atoms in total. The van der Waals surface area contributed by atoms with Crippen molar-refractivity contribution in [3.05, 3.63) is 35.9 Å². The first kappa shape index (κ1) is 24.4. The number of aliphatic imine (C=N–C) groups is 1. The smallest absolute Gasteiger partial charge is 0.191 e. The lowest BCUT2D eigenvalue weighted by Crippen LogP contribution is -2.39. The highest BCUT2D eigenvalue weighted by molar-refractivity contribution is 14.0. The Kier molecular flexibility index (Phi) is 11.9. The van der Waals surface area contributed by atoms with Gasteiger partial charge >= 0.3 is 0 Å². The highest BCUT2D eigenvalue weighted by atomic mass is 127. The van der Waals surface area contributed by atoms with Crippen LogP contribution in [-0.4, -0.2) is 69.5 Å². The zero-order chi connectivity index (χ0) is 19.4. The van der Waals surface area contributed by atoms with Gasteiger partial charge in [-0.05, 0) is 51.3 Å². The molecule has 1 aromatic carbocycles. The van der Waals surface area contributed by atoms with Crippen molar-refractivity contribution >= 4 is 29.9 Å². The van der Waals surface area contributed by atoms with E-state index in [0.29, 0.717) is 6.04 Å². The van der Waals surface area contributed by atoms with Gasteiger partial charge in [0.05, 0.1) is 25.3 Å². The van der Waals surface area contributed by atoms with Crippen molar-refractivity contribution in [2.75, 3.05) is 52.5 Å². The molecule has 0 saturated carbocycles. The summed E-state index contributed by atoms with van der Waals surface area (Å²) in [4.78, 5) is 7.47. The Balaban J connectivity index is 0.00000300. The second-order valence-corrected chi connectivity index (χ2v) is 7.53. The number of benzene rings is 1. The van der Waals surface area contributed by atoms with Gasteiger partial charge in [-0.3, -0.25) is 9.89 Å². The second kappa shape index (κ2) is 14.2. The van der Waals surface area contributed by atoms with Crippen molar-refractivity contribution in [1.29, 1.82) is 0 Å². The molecular formula is C22H37IN4O2. The van der Waals surface area contributed by atoms with E-state index in [0.717, 1.165) is 58.3 Å². The quantitative estimate of drug-likeness (QED) is 0.217. The third-order valence-electron chi connectivity index (χ3n) is 5.39. The fourth-order valence-electron chi connectivity index (χ4n) is 3.85. The van der Waals surface area contributed by atoms with Gasteiger partial charge in [-0.25, -0.2) is 0 Å². The van der Waals surface area contributed by atoms with Crippen molar-refractivity contribution in [1.82, 2.24) is 15.5 Å². The van der Waals surface area contributed by atoms with Gasteiger partial charge in [0.25, 0.3) is 0 Å². The molecule has 2 N–H and O–H groups in total. The molecule has 0 amide bonds. The average molecular weight is 516 g/mol. The minimum absolute atomic E-state index is 0. The van der Waals surface area contributed by atoms with Gasteiger partial charge in [0.1, 0.15) is 0 Å². The molecule has 0 bridgehead atoms. The maximum absolute atomic E-state index is 5.84. The Hall–Kier alpha value is -0.900. The number of hydrogen-bond acceptors (Lipinski definition) is 4. The summed E-state index contributed by atoms with van der Waals surface area (Å²) >= 11 is 0. The van der Waals surface area contributed by atoms with Crippen LogP contribution in [0.25, 0.3) is 0 Å². The molecule has 2 unspecified atom stereocenters. The van der Waals surface area contributed by atoms with Crippen LogP contribution in [0, 0.1) is 0 Å². The molecule has 0 aliphatic carbocycles. The molecular weight excluding hydrogens is 479 g/mol. The van der Waals surface area contributed by atoms with E-state index in [1.807, 2.05) is 0 Å². The number of rotatable bonds is 10. The Bertz CT molecular complexity index is 575. The predicted molar refractivity (Wildman–Crippen MR) is 129 cm³/mol. The van der Waals surface area contributed by atoms with Crippen LogP contribution >= 0.6 is 24.0 Å². The Morgan fingerprint density at radius 1 is 1.24 bits per heavy atom. The average Bonchev–Trinajstić information content (AvgIpc) is 3.43. The highest BCUT2D eigenvalue weighted by Gasteiger charge is 2.23. The standard InChI is InChI=1S/C22H36N4O2.HI/c1-2-23-22(24-12-8-15-28-20-11-16-27-18-20)25-17-21(26-13-6-7-14-26)19-9-4-3-5-10-19;/h3-5,9-10,20-21H,2,6-8,11-18H2,1H3,(H2,23,24,25);1H. The molecule has 1 aromatic rings.